The van der Waals surface area contributed by atoms with Gasteiger partial charge < -0.3 is 10.2 Å². The largest absolute Gasteiger partial charge is 0.354 e. The zero-order valence-electron chi connectivity index (χ0n) is 24.8. The van der Waals surface area contributed by atoms with E-state index in [4.69, 9.17) is 0 Å². The number of rotatable bonds is 16. The number of halogens is 1. The quantitative estimate of drug-likeness (QED) is 0.189. The molecule has 1 N–H and O–H groups in total. The van der Waals surface area contributed by atoms with Crippen LogP contribution < -0.4 is 9.62 Å². The van der Waals surface area contributed by atoms with Crippen LogP contribution in [-0.4, -0.2) is 50.5 Å². The second-order valence-electron chi connectivity index (χ2n) is 10.5. The molecule has 0 aliphatic rings. The number of unbranched alkanes of at least 4 members (excludes halogenated alkanes) is 1. The van der Waals surface area contributed by atoms with Crippen molar-refractivity contribution in [3.05, 3.63) is 100 Å². The van der Waals surface area contributed by atoms with Gasteiger partial charge in [-0.3, -0.25) is 13.9 Å². The molecular formula is C33H42BrN3O4S. The van der Waals surface area contributed by atoms with Crippen LogP contribution in [0.1, 0.15) is 56.2 Å². The van der Waals surface area contributed by atoms with Crippen LogP contribution in [0.3, 0.4) is 0 Å². The van der Waals surface area contributed by atoms with E-state index in [0.29, 0.717) is 25.1 Å². The Morgan fingerprint density at radius 1 is 0.881 bits per heavy atom. The van der Waals surface area contributed by atoms with Crippen molar-refractivity contribution >= 4 is 43.5 Å². The van der Waals surface area contributed by atoms with Gasteiger partial charge in [-0.15, -0.1) is 0 Å². The number of carbonyl (C=O) groups is 2. The maximum Gasteiger partial charge on any atom is 0.243 e. The molecule has 3 aromatic rings. The zero-order chi connectivity index (χ0) is 30.5. The van der Waals surface area contributed by atoms with Crippen molar-refractivity contribution in [1.29, 1.82) is 0 Å². The number of hydrogen-bond acceptors (Lipinski definition) is 4. The molecule has 3 aromatic carbocycles. The lowest BCUT2D eigenvalue weighted by Gasteiger charge is -2.32. The number of anilines is 1. The van der Waals surface area contributed by atoms with Gasteiger partial charge in [-0.25, -0.2) is 8.42 Å². The van der Waals surface area contributed by atoms with Gasteiger partial charge in [-0.1, -0.05) is 90.8 Å². The van der Waals surface area contributed by atoms with Gasteiger partial charge in [0.05, 0.1) is 11.9 Å². The van der Waals surface area contributed by atoms with Crippen LogP contribution in [0.4, 0.5) is 5.69 Å². The minimum Gasteiger partial charge on any atom is -0.354 e. The molecule has 0 saturated carbocycles. The summed E-state index contributed by atoms with van der Waals surface area (Å²) >= 11 is 3.51. The van der Waals surface area contributed by atoms with Crippen LogP contribution in [0.2, 0.25) is 0 Å². The fourth-order valence-corrected chi connectivity index (χ4v) is 6.21. The summed E-state index contributed by atoms with van der Waals surface area (Å²) in [7, 11) is -3.55. The highest BCUT2D eigenvalue weighted by Gasteiger charge is 2.30. The molecule has 0 aliphatic carbocycles. The summed E-state index contributed by atoms with van der Waals surface area (Å²) in [5, 5.41) is 3.03. The highest BCUT2D eigenvalue weighted by Crippen LogP contribution is 2.22. The van der Waals surface area contributed by atoms with E-state index >= 15 is 0 Å². The van der Waals surface area contributed by atoms with Crippen molar-refractivity contribution in [3.63, 3.8) is 0 Å². The van der Waals surface area contributed by atoms with Crippen molar-refractivity contribution < 1.29 is 18.0 Å². The molecule has 0 spiro atoms. The average Bonchev–Trinajstić information content (AvgIpc) is 2.97. The summed E-state index contributed by atoms with van der Waals surface area (Å²) in [4.78, 5) is 29.1. The first-order valence-corrected chi connectivity index (χ1v) is 17.2. The van der Waals surface area contributed by atoms with Crippen LogP contribution >= 0.6 is 15.9 Å². The van der Waals surface area contributed by atoms with E-state index in [1.54, 1.807) is 17.0 Å². The van der Waals surface area contributed by atoms with Crippen molar-refractivity contribution in [2.75, 3.05) is 23.7 Å². The number of hydrogen-bond donors (Lipinski definition) is 1. The molecule has 1 atom stereocenters. The Bertz CT molecular complexity index is 1400. The molecule has 0 saturated heterocycles. The number of nitrogens with zero attached hydrogens (tertiary/aromatic N) is 2. The Kier molecular flexibility index (Phi) is 13.1. The molecule has 7 nitrogen and oxygen atoms in total. The molecule has 0 radical (unpaired) electrons. The molecule has 0 aromatic heterocycles. The van der Waals surface area contributed by atoms with E-state index in [2.05, 4.69) is 28.2 Å². The van der Waals surface area contributed by atoms with Crippen LogP contribution in [0.15, 0.2) is 83.3 Å². The second kappa shape index (κ2) is 16.5. The summed E-state index contributed by atoms with van der Waals surface area (Å²) in [6.07, 6.45) is 4.62. The highest BCUT2D eigenvalue weighted by atomic mass is 79.9. The van der Waals surface area contributed by atoms with Gasteiger partial charge in [-0.2, -0.15) is 0 Å². The first kappa shape index (κ1) is 33.3. The van der Waals surface area contributed by atoms with Gasteiger partial charge in [0.2, 0.25) is 21.8 Å². The third kappa shape index (κ3) is 10.3. The van der Waals surface area contributed by atoms with Gasteiger partial charge in [0.25, 0.3) is 0 Å². The molecule has 9 heteroatoms. The van der Waals surface area contributed by atoms with Crippen molar-refractivity contribution in [1.82, 2.24) is 10.2 Å². The lowest BCUT2D eigenvalue weighted by molar-refractivity contribution is -0.141. The van der Waals surface area contributed by atoms with Crippen LogP contribution in [0.5, 0.6) is 0 Å². The van der Waals surface area contributed by atoms with Gasteiger partial charge >= 0.3 is 0 Å². The summed E-state index contributed by atoms with van der Waals surface area (Å²) in [6.45, 7) is 5.07. The molecule has 0 bridgehead atoms. The topological polar surface area (TPSA) is 86.8 Å². The molecule has 226 valence electrons. The average molecular weight is 657 g/mol. The number of nitrogens with one attached hydrogen (secondary N) is 1. The number of aryl methyl sites for hydroxylation is 1. The summed E-state index contributed by atoms with van der Waals surface area (Å²) < 4.78 is 27.6. The Hall–Kier alpha value is -3.17. The first-order chi connectivity index (χ1) is 20.1. The lowest BCUT2D eigenvalue weighted by atomic mass is 10.0. The van der Waals surface area contributed by atoms with E-state index < -0.39 is 16.1 Å². The fourth-order valence-electron chi connectivity index (χ4n) is 4.79. The van der Waals surface area contributed by atoms with Crippen LogP contribution in [0, 0.1) is 0 Å². The SMILES string of the molecule is CCCCNC(=O)[C@H](Cc1ccccc1)N(Cc1cccc(Br)c1)C(=O)CCCN(c1ccc(CC)cc1)S(C)(=O)=O. The molecule has 0 fully saturated rings. The molecular weight excluding hydrogens is 614 g/mol. The van der Waals surface area contributed by atoms with Gasteiger partial charge in [0, 0.05) is 36.9 Å². The van der Waals surface area contributed by atoms with E-state index in [1.165, 1.54) is 10.6 Å². The predicted octanol–water partition coefficient (Wildman–Crippen LogP) is 6.11. The van der Waals surface area contributed by atoms with Gasteiger partial charge in [-0.05, 0) is 60.2 Å². The second-order valence-corrected chi connectivity index (χ2v) is 13.3. The summed E-state index contributed by atoms with van der Waals surface area (Å²) in [6, 6.07) is 24.1. The van der Waals surface area contributed by atoms with Crippen LogP contribution in [0.25, 0.3) is 0 Å². The number of carbonyl (C=O) groups excluding carboxylic acids is 2. The number of amides is 2. The smallest absolute Gasteiger partial charge is 0.243 e. The third-order valence-electron chi connectivity index (χ3n) is 7.13. The maximum atomic E-state index is 13.9. The van der Waals surface area contributed by atoms with E-state index in [1.807, 2.05) is 73.7 Å². The minimum atomic E-state index is -3.55. The van der Waals surface area contributed by atoms with Crippen LogP contribution in [-0.2, 0) is 39.0 Å². The maximum absolute atomic E-state index is 13.9. The fraction of sp³-hybridized carbons (Fsp3) is 0.394. The Morgan fingerprint density at radius 2 is 1.57 bits per heavy atom. The van der Waals surface area contributed by atoms with E-state index in [-0.39, 0.29) is 31.3 Å². The molecule has 0 heterocycles. The summed E-state index contributed by atoms with van der Waals surface area (Å²) in [5.41, 5.74) is 3.54. The first-order valence-electron chi connectivity index (χ1n) is 14.5. The normalized spacial score (nSPS) is 12.0. The highest BCUT2D eigenvalue weighted by molar-refractivity contribution is 9.10. The Balaban J connectivity index is 1.86. The Labute approximate surface area is 259 Å². The number of sulfonamides is 1. The molecule has 2 amide bonds. The standard InChI is InChI=1S/C33H42BrN3O4S/c1-4-6-21-35-33(39)31(24-27-12-8-7-9-13-27)36(25-28-14-10-15-29(34)23-28)32(38)16-11-22-37(42(3,40)41)30-19-17-26(5-2)18-20-30/h7-10,12-15,17-20,23,31H,4-6,11,16,21-22,24-25H2,1-3H3,(H,35,39)/t31-/m0/s1. The van der Waals surface area contributed by atoms with E-state index in [9.17, 15) is 18.0 Å². The zero-order valence-corrected chi connectivity index (χ0v) is 27.2. The van der Waals surface area contributed by atoms with Crippen molar-refractivity contribution in [2.24, 2.45) is 0 Å². The van der Waals surface area contributed by atoms with E-state index in [0.717, 1.165) is 40.4 Å². The molecule has 0 unspecified atom stereocenters. The monoisotopic (exact) mass is 655 g/mol. The third-order valence-corrected chi connectivity index (χ3v) is 8.81. The summed E-state index contributed by atoms with van der Waals surface area (Å²) in [5.74, 6) is -0.388. The van der Waals surface area contributed by atoms with Crippen molar-refractivity contribution in [2.45, 2.75) is 65.0 Å². The predicted molar refractivity (Wildman–Crippen MR) is 174 cm³/mol. The van der Waals surface area contributed by atoms with Crippen molar-refractivity contribution in [3.8, 4) is 0 Å². The lowest BCUT2D eigenvalue weighted by Crippen LogP contribution is -2.50. The molecule has 0 aliphatic heterocycles. The molecule has 42 heavy (non-hydrogen) atoms. The van der Waals surface area contributed by atoms with Gasteiger partial charge in [0.1, 0.15) is 6.04 Å². The number of benzene rings is 3. The Morgan fingerprint density at radius 3 is 2.19 bits per heavy atom. The molecule has 3 rings (SSSR count). The minimum absolute atomic E-state index is 0.0978. The van der Waals surface area contributed by atoms with Gasteiger partial charge in [0.15, 0.2) is 0 Å².